The lowest BCUT2D eigenvalue weighted by Gasteiger charge is -2.40. The number of carbonyl (C=O) groups is 1. The first-order valence-corrected chi connectivity index (χ1v) is 22.4. The molecule has 6 N–H and O–H groups in total. The van der Waals surface area contributed by atoms with Crippen LogP contribution in [0.25, 0.3) is 0 Å². The Morgan fingerprint density at radius 1 is 0.623 bits per heavy atom. The number of hydrogen-bond acceptors (Lipinski definition) is 8. The molecule has 53 heavy (non-hydrogen) atoms. The van der Waals surface area contributed by atoms with E-state index in [0.29, 0.717) is 6.42 Å². The lowest BCUT2D eigenvalue weighted by atomic mass is 9.99. The second-order valence-electron chi connectivity index (χ2n) is 15.9. The molecule has 9 nitrogen and oxygen atoms in total. The van der Waals surface area contributed by atoms with E-state index in [0.717, 1.165) is 38.5 Å². The number of aliphatic hydroxyl groups excluding tert-OH is 5. The maximum Gasteiger partial charge on any atom is 0.220 e. The first-order chi connectivity index (χ1) is 25.8. The van der Waals surface area contributed by atoms with Gasteiger partial charge in [-0.15, -0.1) is 0 Å². The highest BCUT2D eigenvalue weighted by Gasteiger charge is 2.44. The van der Waals surface area contributed by atoms with Gasteiger partial charge >= 0.3 is 0 Å². The summed E-state index contributed by atoms with van der Waals surface area (Å²) in [7, 11) is 0. The fraction of sp³-hybridized carbons (Fsp3) is 0.932. The van der Waals surface area contributed by atoms with E-state index >= 15 is 0 Å². The van der Waals surface area contributed by atoms with Gasteiger partial charge in [0.05, 0.1) is 25.4 Å². The molecular weight excluding hydrogens is 670 g/mol. The van der Waals surface area contributed by atoms with Crippen LogP contribution in [0.2, 0.25) is 0 Å². The Balaban J connectivity index is 2.37. The second-order valence-corrected chi connectivity index (χ2v) is 15.9. The zero-order chi connectivity index (χ0) is 38.8. The predicted molar refractivity (Wildman–Crippen MR) is 217 cm³/mol. The zero-order valence-electron chi connectivity index (χ0n) is 34.3. The Hall–Kier alpha value is -1.07. The van der Waals surface area contributed by atoms with E-state index in [1.807, 2.05) is 6.08 Å². The van der Waals surface area contributed by atoms with Crippen molar-refractivity contribution in [1.82, 2.24) is 5.32 Å². The van der Waals surface area contributed by atoms with Crippen molar-refractivity contribution in [2.24, 2.45) is 0 Å². The number of allylic oxidation sites excluding steroid dienone is 1. The molecule has 1 fully saturated rings. The van der Waals surface area contributed by atoms with Gasteiger partial charge in [-0.25, -0.2) is 0 Å². The summed E-state index contributed by atoms with van der Waals surface area (Å²) in [6, 6.07) is -0.797. The number of amides is 1. The monoisotopic (exact) mass is 756 g/mol. The Morgan fingerprint density at radius 2 is 1.04 bits per heavy atom. The summed E-state index contributed by atoms with van der Waals surface area (Å²) in [6.07, 6.45) is 32.5. The van der Waals surface area contributed by atoms with Crippen LogP contribution in [0, 0.1) is 0 Å². The van der Waals surface area contributed by atoms with Crippen molar-refractivity contribution in [1.29, 1.82) is 0 Å². The van der Waals surface area contributed by atoms with Crippen molar-refractivity contribution in [2.45, 2.75) is 249 Å². The second kappa shape index (κ2) is 35.4. The van der Waals surface area contributed by atoms with Gasteiger partial charge in [-0.2, -0.15) is 0 Å². The Bertz CT molecular complexity index is 842. The molecule has 9 heteroatoms. The summed E-state index contributed by atoms with van der Waals surface area (Å²) in [4.78, 5) is 12.9. The van der Waals surface area contributed by atoms with Crippen molar-refractivity contribution >= 4 is 5.91 Å². The molecule has 0 aromatic carbocycles. The van der Waals surface area contributed by atoms with Crippen LogP contribution in [-0.2, 0) is 14.3 Å². The molecule has 0 aromatic rings. The fourth-order valence-corrected chi connectivity index (χ4v) is 7.21. The minimum atomic E-state index is -1.56. The minimum absolute atomic E-state index is 0.175. The van der Waals surface area contributed by atoms with E-state index in [2.05, 4.69) is 19.2 Å². The van der Waals surface area contributed by atoms with Gasteiger partial charge in [-0.05, 0) is 19.3 Å². The van der Waals surface area contributed by atoms with E-state index in [4.69, 9.17) is 9.47 Å². The summed E-state index contributed by atoms with van der Waals surface area (Å²) in [6.45, 7) is 3.78. The third-order valence-corrected chi connectivity index (χ3v) is 10.9. The van der Waals surface area contributed by atoms with E-state index in [-0.39, 0.29) is 12.5 Å². The maximum absolute atomic E-state index is 12.9. The van der Waals surface area contributed by atoms with Crippen molar-refractivity contribution in [3.63, 3.8) is 0 Å². The summed E-state index contributed by atoms with van der Waals surface area (Å²) in [5.74, 6) is -0.175. The highest BCUT2D eigenvalue weighted by Crippen LogP contribution is 2.23. The maximum atomic E-state index is 12.9. The number of aliphatic hydroxyl groups is 5. The Morgan fingerprint density at radius 3 is 1.47 bits per heavy atom. The molecule has 1 rings (SSSR count). The molecule has 1 aliphatic heterocycles. The highest BCUT2D eigenvalue weighted by molar-refractivity contribution is 5.76. The minimum Gasteiger partial charge on any atom is -0.394 e. The summed E-state index contributed by atoms with van der Waals surface area (Å²) < 4.78 is 11.2. The molecule has 0 spiro atoms. The van der Waals surface area contributed by atoms with Gasteiger partial charge in [-0.1, -0.05) is 193 Å². The SMILES string of the molecule is CCCCCCCCCCCCCC/C=C/[C@@H](O)[C@H](CO[C@@H]1O[C@H](CO)[C@@H](O)C(O)C1O)NC(=O)CCCCCCCCCCCCCCCCCC. The van der Waals surface area contributed by atoms with E-state index in [1.54, 1.807) is 6.08 Å². The van der Waals surface area contributed by atoms with Gasteiger partial charge in [0.25, 0.3) is 0 Å². The first-order valence-electron chi connectivity index (χ1n) is 22.4. The third-order valence-electron chi connectivity index (χ3n) is 10.9. The lowest BCUT2D eigenvalue weighted by molar-refractivity contribution is -0.302. The quantitative estimate of drug-likeness (QED) is 0.0272. The van der Waals surface area contributed by atoms with Crippen molar-refractivity contribution in [3.05, 3.63) is 12.2 Å². The van der Waals surface area contributed by atoms with Gasteiger partial charge in [-0.3, -0.25) is 4.79 Å². The molecule has 0 saturated carbocycles. The zero-order valence-corrected chi connectivity index (χ0v) is 34.3. The Kier molecular flexibility index (Phi) is 33.3. The predicted octanol–water partition coefficient (Wildman–Crippen LogP) is 8.95. The lowest BCUT2D eigenvalue weighted by Crippen LogP contribution is -2.60. The highest BCUT2D eigenvalue weighted by atomic mass is 16.7. The number of ether oxygens (including phenoxy) is 2. The van der Waals surface area contributed by atoms with Crippen LogP contribution >= 0.6 is 0 Å². The van der Waals surface area contributed by atoms with E-state index < -0.39 is 49.5 Å². The van der Waals surface area contributed by atoms with Crippen molar-refractivity contribution in [2.75, 3.05) is 13.2 Å². The summed E-state index contributed by atoms with van der Waals surface area (Å²) >= 11 is 0. The van der Waals surface area contributed by atoms with Crippen LogP contribution in [-0.4, -0.2) is 87.5 Å². The first kappa shape index (κ1) is 49.9. The van der Waals surface area contributed by atoms with Gasteiger partial charge < -0.3 is 40.3 Å². The molecule has 1 amide bonds. The van der Waals surface area contributed by atoms with Gasteiger partial charge in [0, 0.05) is 6.42 Å². The number of hydrogen-bond donors (Lipinski definition) is 6. The topological polar surface area (TPSA) is 149 Å². The number of nitrogens with one attached hydrogen (secondary N) is 1. The van der Waals surface area contributed by atoms with Crippen LogP contribution < -0.4 is 5.32 Å². The van der Waals surface area contributed by atoms with Gasteiger partial charge in [0.1, 0.15) is 24.4 Å². The molecule has 7 atom stereocenters. The van der Waals surface area contributed by atoms with E-state index in [9.17, 15) is 30.3 Å². The molecule has 1 heterocycles. The normalized spacial score (nSPS) is 21.7. The van der Waals surface area contributed by atoms with Crippen LogP contribution in [0.1, 0.15) is 206 Å². The summed E-state index contributed by atoms with van der Waals surface area (Å²) in [5, 5.41) is 54.1. The van der Waals surface area contributed by atoms with Crippen LogP contribution in [0.5, 0.6) is 0 Å². The molecule has 0 aromatic heterocycles. The summed E-state index contributed by atoms with van der Waals surface area (Å²) in [5.41, 5.74) is 0. The number of rotatable bonds is 37. The molecule has 314 valence electrons. The fourth-order valence-electron chi connectivity index (χ4n) is 7.21. The average molecular weight is 756 g/mol. The van der Waals surface area contributed by atoms with Gasteiger partial charge in [0.15, 0.2) is 6.29 Å². The molecule has 0 aliphatic carbocycles. The van der Waals surface area contributed by atoms with Crippen molar-refractivity contribution in [3.8, 4) is 0 Å². The average Bonchev–Trinajstić information content (AvgIpc) is 3.16. The molecular formula is C44H85NO8. The van der Waals surface area contributed by atoms with Crippen LogP contribution in [0.4, 0.5) is 0 Å². The molecule has 2 unspecified atom stereocenters. The standard InChI is InChI=1S/C44H85NO8/c1-3-5-7-9-11-13-15-17-19-20-22-24-26-28-30-32-34-40(48)45-37(36-52-44-43(51)42(50)41(49)39(35-46)53-44)38(47)33-31-29-27-25-23-21-18-16-14-12-10-8-6-4-2/h31,33,37-39,41-44,46-47,49-51H,3-30,32,34-36H2,1-2H3,(H,45,48)/b33-31+/t37-,38+,39+,41+,42?,43?,44+/m0/s1. The van der Waals surface area contributed by atoms with Crippen LogP contribution in [0.3, 0.4) is 0 Å². The van der Waals surface area contributed by atoms with E-state index in [1.165, 1.54) is 148 Å². The third kappa shape index (κ3) is 26.4. The van der Waals surface area contributed by atoms with Gasteiger partial charge in [0.2, 0.25) is 5.91 Å². The molecule has 1 saturated heterocycles. The molecule has 0 bridgehead atoms. The number of carbonyl (C=O) groups excluding carboxylic acids is 1. The Labute approximate surface area is 325 Å². The number of unbranched alkanes of at least 4 members (excludes halogenated alkanes) is 27. The van der Waals surface area contributed by atoms with Crippen molar-refractivity contribution < 1.29 is 39.8 Å². The largest absolute Gasteiger partial charge is 0.394 e. The molecule has 1 aliphatic rings. The van der Waals surface area contributed by atoms with Crippen LogP contribution in [0.15, 0.2) is 12.2 Å². The smallest absolute Gasteiger partial charge is 0.220 e. The molecule has 0 radical (unpaired) electrons.